The summed E-state index contributed by atoms with van der Waals surface area (Å²) in [6, 6.07) is 42.6. The van der Waals surface area contributed by atoms with Gasteiger partial charge in [0.2, 0.25) is 0 Å². The van der Waals surface area contributed by atoms with Gasteiger partial charge in [-0.05, 0) is 104 Å². The summed E-state index contributed by atoms with van der Waals surface area (Å²) in [4.78, 5) is 25.5. The van der Waals surface area contributed by atoms with Gasteiger partial charge in [-0.1, -0.05) is 79.9 Å². The highest BCUT2D eigenvalue weighted by atomic mass is 16.5. The zero-order valence-corrected chi connectivity index (χ0v) is 24.3. The van der Waals surface area contributed by atoms with Gasteiger partial charge in [-0.3, -0.25) is 0 Å². The largest absolute Gasteiger partial charge is 0.423 e. The summed E-state index contributed by atoms with van der Waals surface area (Å²) in [5.74, 6) is -0.211. The molecule has 0 fully saturated rings. The van der Waals surface area contributed by atoms with Crippen LogP contribution in [-0.4, -0.2) is 11.9 Å². The predicted octanol–water partition coefficient (Wildman–Crippen LogP) is 9.90. The van der Waals surface area contributed by atoms with Crippen LogP contribution in [0.3, 0.4) is 0 Å². The fourth-order valence-electron chi connectivity index (χ4n) is 5.87. The molecule has 0 radical (unpaired) electrons. The van der Waals surface area contributed by atoms with Crippen LogP contribution in [0.1, 0.15) is 0 Å². The number of carbonyl (C=O) groups excluding carboxylic acids is 2. The first-order valence-corrected chi connectivity index (χ1v) is 14.5. The van der Waals surface area contributed by atoms with Crippen molar-refractivity contribution in [1.82, 2.24) is 0 Å². The van der Waals surface area contributed by atoms with Gasteiger partial charge in [0, 0.05) is 29.2 Å². The molecule has 0 aliphatic heterocycles. The molecule has 7 rings (SSSR count). The van der Waals surface area contributed by atoms with Crippen LogP contribution in [0.25, 0.3) is 43.4 Å². The van der Waals surface area contributed by atoms with E-state index in [0.717, 1.165) is 34.8 Å². The molecule has 0 aliphatic carbocycles. The van der Waals surface area contributed by atoms with E-state index in [9.17, 15) is 9.59 Å². The number of benzene rings is 7. The van der Waals surface area contributed by atoms with Gasteiger partial charge in [-0.25, -0.2) is 9.59 Å². The van der Waals surface area contributed by atoms with Gasteiger partial charge in [0.15, 0.2) is 0 Å². The van der Waals surface area contributed by atoms with E-state index in [1.807, 2.05) is 24.3 Å². The number of carbonyl (C=O) groups is 2. The highest BCUT2D eigenvalue weighted by Gasteiger charge is 2.16. The summed E-state index contributed by atoms with van der Waals surface area (Å²) in [5.41, 5.74) is 4.89. The molecule has 45 heavy (non-hydrogen) atoms. The van der Waals surface area contributed by atoms with Crippen LogP contribution >= 0.6 is 0 Å². The molecule has 0 spiro atoms. The Morgan fingerprint density at radius 2 is 0.956 bits per heavy atom. The molecule has 0 N–H and O–H groups in total. The Labute approximate surface area is 260 Å². The third kappa shape index (κ3) is 5.17. The number of hydrogen-bond donors (Lipinski definition) is 0. The number of rotatable bonds is 8. The third-order valence-corrected chi connectivity index (χ3v) is 7.93. The molecule has 0 saturated carbocycles. The molecule has 5 nitrogen and oxygen atoms in total. The molecular formula is C40H27NO4. The quantitative estimate of drug-likeness (QED) is 0.0769. The number of nitrogens with zero attached hydrogens (tertiary/aromatic N) is 1. The van der Waals surface area contributed by atoms with Crippen molar-refractivity contribution in [3.8, 4) is 22.6 Å². The maximum atomic E-state index is 11.7. The second kappa shape index (κ2) is 11.5. The van der Waals surface area contributed by atoms with Gasteiger partial charge in [0.05, 0.1) is 0 Å². The Hall–Kier alpha value is -6.20. The third-order valence-electron chi connectivity index (χ3n) is 7.93. The van der Waals surface area contributed by atoms with Gasteiger partial charge in [0.25, 0.3) is 0 Å². The second-order valence-corrected chi connectivity index (χ2v) is 10.6. The summed E-state index contributed by atoms with van der Waals surface area (Å²) >= 11 is 0. The number of hydrogen-bond acceptors (Lipinski definition) is 5. The van der Waals surface area contributed by atoms with Crippen molar-refractivity contribution in [2.45, 2.75) is 0 Å². The molecule has 0 aromatic heterocycles. The Morgan fingerprint density at radius 1 is 0.511 bits per heavy atom. The van der Waals surface area contributed by atoms with Crippen molar-refractivity contribution in [3.05, 3.63) is 153 Å². The van der Waals surface area contributed by atoms with Crippen LogP contribution in [0, 0.1) is 0 Å². The van der Waals surface area contributed by atoms with Gasteiger partial charge < -0.3 is 14.4 Å². The van der Waals surface area contributed by atoms with Gasteiger partial charge in [-0.15, -0.1) is 0 Å². The molecule has 7 aromatic carbocycles. The normalized spacial score (nSPS) is 11.0. The molecule has 0 atom stereocenters. The summed E-state index contributed by atoms with van der Waals surface area (Å²) in [5, 5.41) is 7.50. The van der Waals surface area contributed by atoms with Crippen molar-refractivity contribution in [3.63, 3.8) is 0 Å². The lowest BCUT2D eigenvalue weighted by Crippen LogP contribution is -2.10. The monoisotopic (exact) mass is 585 g/mol. The summed E-state index contributed by atoms with van der Waals surface area (Å²) in [6.07, 6.45) is 2.26. The fraction of sp³-hybridized carbons (Fsp3) is 0. The van der Waals surface area contributed by atoms with E-state index in [1.165, 1.54) is 37.9 Å². The van der Waals surface area contributed by atoms with Crippen molar-refractivity contribution < 1.29 is 19.1 Å². The Bertz CT molecular complexity index is 2130. The maximum Gasteiger partial charge on any atom is 0.335 e. The lowest BCUT2D eigenvalue weighted by Gasteiger charge is -2.26. The second-order valence-electron chi connectivity index (χ2n) is 10.6. The van der Waals surface area contributed by atoms with E-state index in [-0.39, 0.29) is 0 Å². The number of anilines is 3. The predicted molar refractivity (Wildman–Crippen MR) is 182 cm³/mol. The molecule has 0 amide bonds. The van der Waals surface area contributed by atoms with Gasteiger partial charge in [0.1, 0.15) is 11.5 Å². The van der Waals surface area contributed by atoms with E-state index in [4.69, 9.17) is 9.47 Å². The first-order chi connectivity index (χ1) is 22.0. The van der Waals surface area contributed by atoms with E-state index in [0.29, 0.717) is 11.5 Å². The Kier molecular flexibility index (Phi) is 7.04. The minimum atomic E-state index is -0.522. The average Bonchev–Trinajstić information content (AvgIpc) is 3.09. The molecule has 0 saturated heterocycles. The van der Waals surface area contributed by atoms with Crippen LogP contribution in [0.2, 0.25) is 0 Å². The molecule has 5 heteroatoms. The van der Waals surface area contributed by atoms with Gasteiger partial charge in [-0.2, -0.15) is 0 Å². The molecule has 0 aliphatic rings. The zero-order valence-electron chi connectivity index (χ0n) is 24.3. The Morgan fingerprint density at radius 3 is 1.47 bits per heavy atom. The molecule has 0 bridgehead atoms. The highest BCUT2D eigenvalue weighted by molar-refractivity contribution is 6.25. The van der Waals surface area contributed by atoms with Crippen molar-refractivity contribution in [2.24, 2.45) is 0 Å². The minimum absolute atomic E-state index is 0.416. The Balaban J connectivity index is 1.29. The van der Waals surface area contributed by atoms with E-state index >= 15 is 0 Å². The molecule has 216 valence electrons. The first kappa shape index (κ1) is 27.6. The van der Waals surface area contributed by atoms with Crippen LogP contribution in [0.15, 0.2) is 153 Å². The number of ether oxygens (including phenoxy) is 2. The lowest BCUT2D eigenvalue weighted by molar-refractivity contribution is -0.129. The van der Waals surface area contributed by atoms with E-state index in [2.05, 4.69) is 96.9 Å². The van der Waals surface area contributed by atoms with Crippen molar-refractivity contribution >= 4 is 61.3 Å². The molecule has 0 heterocycles. The fourth-order valence-corrected chi connectivity index (χ4v) is 5.87. The lowest BCUT2D eigenvalue weighted by atomic mass is 9.90. The zero-order chi connectivity index (χ0) is 30.9. The standard InChI is InChI=1S/C40H27NO4/c1-3-37(42)44-33-20-16-31(17-21-33)41(32-18-22-34(23-19-32)45-38(43)4-2)30-14-10-26(11-15-30)35-24-12-29-9-8-27-6-5-7-28-13-25-36(35)40(29)39(27)28/h3-25H,1-2H2. The van der Waals surface area contributed by atoms with Crippen LogP contribution in [-0.2, 0) is 9.59 Å². The summed E-state index contributed by atoms with van der Waals surface area (Å²) < 4.78 is 10.6. The molecule has 7 aromatic rings. The van der Waals surface area contributed by atoms with E-state index in [1.54, 1.807) is 24.3 Å². The molecule has 0 unspecified atom stereocenters. The summed E-state index contributed by atoms with van der Waals surface area (Å²) in [7, 11) is 0. The topological polar surface area (TPSA) is 55.8 Å². The maximum absolute atomic E-state index is 11.7. The smallest absolute Gasteiger partial charge is 0.335 e. The SMILES string of the molecule is C=CC(=O)Oc1ccc(N(c2ccc(OC(=O)C=C)cc2)c2ccc(-c3ccc4ccc5cccc6ccc3c4c56)cc2)cc1. The molecular weight excluding hydrogens is 558 g/mol. The van der Waals surface area contributed by atoms with Crippen LogP contribution in [0.4, 0.5) is 17.1 Å². The highest BCUT2D eigenvalue weighted by Crippen LogP contribution is 2.41. The van der Waals surface area contributed by atoms with Crippen molar-refractivity contribution in [1.29, 1.82) is 0 Å². The van der Waals surface area contributed by atoms with Gasteiger partial charge >= 0.3 is 11.9 Å². The first-order valence-electron chi connectivity index (χ1n) is 14.5. The average molecular weight is 586 g/mol. The number of esters is 2. The minimum Gasteiger partial charge on any atom is -0.423 e. The van der Waals surface area contributed by atoms with E-state index < -0.39 is 11.9 Å². The summed E-state index contributed by atoms with van der Waals surface area (Å²) in [6.45, 7) is 6.92. The van der Waals surface area contributed by atoms with Crippen LogP contribution in [0.5, 0.6) is 11.5 Å². The van der Waals surface area contributed by atoms with Crippen LogP contribution < -0.4 is 14.4 Å². The van der Waals surface area contributed by atoms with Crippen molar-refractivity contribution in [2.75, 3.05) is 4.90 Å².